The highest BCUT2D eigenvalue weighted by Gasteiger charge is 2.43. The van der Waals surface area contributed by atoms with E-state index in [4.69, 9.17) is 4.74 Å². The van der Waals surface area contributed by atoms with Gasteiger partial charge in [-0.1, -0.05) is 38.5 Å². The monoisotopic (exact) mass is 537 g/mol. The molecule has 3 amide bonds. The number of hydrogen-bond donors (Lipinski definition) is 3. The van der Waals surface area contributed by atoms with Crippen LogP contribution in [-0.2, 0) is 14.3 Å². The normalized spacial score (nSPS) is 13.4. The number of nitrogens with one attached hydrogen (secondary N) is 2. The molecule has 0 spiro atoms. The number of alkyl carbamates (subject to hydrolysis) is 1. The van der Waals surface area contributed by atoms with Gasteiger partial charge in [0, 0.05) is 17.6 Å². The highest BCUT2D eigenvalue weighted by Crippen LogP contribution is 2.37. The lowest BCUT2D eigenvalue weighted by molar-refractivity contribution is -0.149. The van der Waals surface area contributed by atoms with Crippen LogP contribution >= 0.6 is 11.8 Å². The van der Waals surface area contributed by atoms with Crippen LogP contribution in [-0.4, -0.2) is 63.6 Å². The molecule has 2 unspecified atom stereocenters. The average molecular weight is 538 g/mol. The van der Waals surface area contributed by atoms with Crippen LogP contribution in [0.5, 0.6) is 5.75 Å². The van der Waals surface area contributed by atoms with Crippen molar-refractivity contribution in [3.8, 4) is 5.75 Å². The van der Waals surface area contributed by atoms with Crippen molar-refractivity contribution < 1.29 is 24.2 Å². The first kappa shape index (κ1) is 32.6. The number of unbranched alkanes of at least 4 members (excludes halogenated alkanes) is 1. The molecule has 0 aliphatic rings. The maximum Gasteiger partial charge on any atom is 0.408 e. The fourth-order valence-corrected chi connectivity index (χ4v) is 4.31. The van der Waals surface area contributed by atoms with Crippen molar-refractivity contribution in [3.63, 3.8) is 0 Å². The number of phenols is 1. The zero-order chi connectivity index (χ0) is 28.4. The highest BCUT2D eigenvalue weighted by atomic mass is 32.2. The summed E-state index contributed by atoms with van der Waals surface area (Å²) < 4.78 is 5.44. The molecule has 3 N–H and O–H groups in total. The molecule has 8 nitrogen and oxygen atoms in total. The van der Waals surface area contributed by atoms with Crippen LogP contribution in [0, 0.1) is 6.92 Å². The number of phenolic OH excluding ortho intramolecular Hbond substituents is 1. The lowest BCUT2D eigenvalue weighted by Crippen LogP contribution is -2.59. The molecule has 0 fully saturated rings. The van der Waals surface area contributed by atoms with Gasteiger partial charge in [0.2, 0.25) is 11.8 Å². The molecular weight excluding hydrogens is 490 g/mol. The minimum Gasteiger partial charge on any atom is -0.507 e. The van der Waals surface area contributed by atoms with Gasteiger partial charge in [-0.2, -0.15) is 11.8 Å². The molecule has 2 atom stereocenters. The van der Waals surface area contributed by atoms with Crippen molar-refractivity contribution in [1.29, 1.82) is 0 Å². The largest absolute Gasteiger partial charge is 0.507 e. The van der Waals surface area contributed by atoms with E-state index in [2.05, 4.69) is 10.6 Å². The molecule has 0 radical (unpaired) electrons. The summed E-state index contributed by atoms with van der Waals surface area (Å²) in [5, 5.41) is 16.7. The smallest absolute Gasteiger partial charge is 0.408 e. The van der Waals surface area contributed by atoms with Gasteiger partial charge in [0.25, 0.3) is 0 Å². The third kappa shape index (κ3) is 9.76. The molecule has 0 saturated carbocycles. The summed E-state index contributed by atoms with van der Waals surface area (Å²) >= 11 is 1.56. The van der Waals surface area contributed by atoms with E-state index < -0.39 is 35.2 Å². The topological polar surface area (TPSA) is 108 Å². The molecule has 0 aliphatic heterocycles. The number of nitrogens with zero attached hydrogens (tertiary/aromatic N) is 1. The SMILES string of the molecule is CCCCNC(=O)C(c1cccc(C)c1O)N(C(=O)C(CCSC)NC(=O)OC(C)(C)C)C(C)(C)CC. The van der Waals surface area contributed by atoms with E-state index in [0.717, 1.165) is 12.8 Å². The Balaban J connectivity index is 3.65. The maximum absolute atomic E-state index is 14.3. The quantitative estimate of drug-likeness (QED) is 0.294. The van der Waals surface area contributed by atoms with E-state index in [-0.39, 0.29) is 11.7 Å². The van der Waals surface area contributed by atoms with E-state index in [1.54, 1.807) is 57.7 Å². The van der Waals surface area contributed by atoms with E-state index in [0.29, 0.717) is 36.3 Å². The van der Waals surface area contributed by atoms with Crippen LogP contribution in [0.25, 0.3) is 0 Å². The average Bonchev–Trinajstić information content (AvgIpc) is 2.80. The Hall–Kier alpha value is -2.42. The zero-order valence-corrected chi connectivity index (χ0v) is 24.9. The van der Waals surface area contributed by atoms with Crippen molar-refractivity contribution in [2.24, 2.45) is 0 Å². The zero-order valence-electron chi connectivity index (χ0n) is 24.1. The summed E-state index contributed by atoms with van der Waals surface area (Å²) in [4.78, 5) is 42.2. The molecule has 1 rings (SSSR count). The Morgan fingerprint density at radius 3 is 2.32 bits per heavy atom. The van der Waals surface area contributed by atoms with Crippen molar-refractivity contribution in [2.75, 3.05) is 18.6 Å². The number of carbonyl (C=O) groups excluding carboxylic acids is 3. The molecule has 0 aromatic heterocycles. The number of para-hydroxylation sites is 1. The standard InChI is InChI=1S/C28H47N3O5S/c1-10-12-17-29-24(33)22(20-15-13-14-19(3)23(20)32)31(28(7,8)11-2)25(34)21(16-18-37-9)30-26(35)36-27(4,5)6/h13-15,21-22,32H,10-12,16-18H2,1-9H3,(H,29,33)(H,30,35). The number of carbonyl (C=O) groups is 3. The van der Waals surface area contributed by atoms with E-state index in [1.165, 1.54) is 4.90 Å². The van der Waals surface area contributed by atoms with Gasteiger partial charge in [0.05, 0.1) is 0 Å². The van der Waals surface area contributed by atoms with Crippen LogP contribution in [0.3, 0.4) is 0 Å². The van der Waals surface area contributed by atoms with Crippen molar-refractivity contribution in [3.05, 3.63) is 29.3 Å². The first-order chi connectivity index (χ1) is 17.2. The second-order valence-corrected chi connectivity index (χ2v) is 11.9. The van der Waals surface area contributed by atoms with Crippen LogP contribution in [0.2, 0.25) is 0 Å². The molecule has 9 heteroatoms. The molecule has 0 aliphatic carbocycles. The van der Waals surface area contributed by atoms with Gasteiger partial charge in [-0.3, -0.25) is 9.59 Å². The van der Waals surface area contributed by atoms with Gasteiger partial charge < -0.3 is 25.4 Å². The van der Waals surface area contributed by atoms with Gasteiger partial charge in [-0.25, -0.2) is 4.79 Å². The number of amides is 3. The predicted octanol–water partition coefficient (Wildman–Crippen LogP) is 5.32. The third-order valence-corrected chi connectivity index (χ3v) is 6.90. The number of benzene rings is 1. The lowest BCUT2D eigenvalue weighted by atomic mass is 9.90. The summed E-state index contributed by atoms with van der Waals surface area (Å²) in [5.74, 6) is -0.174. The van der Waals surface area contributed by atoms with Crippen LogP contribution in [0.4, 0.5) is 4.79 Å². The first-order valence-corrected chi connectivity index (χ1v) is 14.5. The van der Waals surface area contributed by atoms with Crippen LogP contribution < -0.4 is 10.6 Å². The lowest BCUT2D eigenvalue weighted by Gasteiger charge is -2.44. The Morgan fingerprint density at radius 2 is 1.78 bits per heavy atom. The molecule has 1 aromatic rings. The number of hydrogen-bond acceptors (Lipinski definition) is 6. The fraction of sp³-hybridized carbons (Fsp3) is 0.679. The van der Waals surface area contributed by atoms with Crippen LogP contribution in [0.15, 0.2) is 18.2 Å². The van der Waals surface area contributed by atoms with Crippen molar-refractivity contribution >= 4 is 29.7 Å². The highest BCUT2D eigenvalue weighted by molar-refractivity contribution is 7.98. The van der Waals surface area contributed by atoms with Gasteiger partial charge in [-0.15, -0.1) is 0 Å². The molecule has 37 heavy (non-hydrogen) atoms. The van der Waals surface area contributed by atoms with Gasteiger partial charge in [-0.05, 0) is 78.4 Å². The summed E-state index contributed by atoms with van der Waals surface area (Å²) in [6.07, 6.45) is 3.84. The van der Waals surface area contributed by atoms with Gasteiger partial charge >= 0.3 is 6.09 Å². The third-order valence-electron chi connectivity index (χ3n) is 6.25. The Kier molecular flexibility index (Phi) is 12.8. The van der Waals surface area contributed by atoms with Gasteiger partial charge in [0.1, 0.15) is 23.4 Å². The minimum atomic E-state index is -1.09. The van der Waals surface area contributed by atoms with Gasteiger partial charge in [0.15, 0.2) is 0 Å². The van der Waals surface area contributed by atoms with Crippen molar-refractivity contribution in [1.82, 2.24) is 15.5 Å². The Morgan fingerprint density at radius 1 is 1.14 bits per heavy atom. The number of aromatic hydroxyl groups is 1. The Labute approximate surface area is 227 Å². The molecule has 210 valence electrons. The number of rotatable bonds is 13. The Bertz CT molecular complexity index is 914. The first-order valence-electron chi connectivity index (χ1n) is 13.1. The summed E-state index contributed by atoms with van der Waals surface area (Å²) in [5.41, 5.74) is -0.539. The molecule has 1 aromatic carbocycles. The van der Waals surface area contributed by atoms with E-state index >= 15 is 0 Å². The number of aryl methyl sites for hydroxylation is 1. The number of thioether (sulfide) groups is 1. The molecule has 0 bridgehead atoms. The van der Waals surface area contributed by atoms with E-state index in [1.807, 2.05) is 34.0 Å². The fourth-order valence-electron chi connectivity index (χ4n) is 3.84. The van der Waals surface area contributed by atoms with Crippen LogP contribution in [0.1, 0.15) is 91.3 Å². The second kappa shape index (κ2) is 14.5. The summed E-state index contributed by atoms with van der Waals surface area (Å²) in [6, 6.07) is 3.20. The molecule has 0 heterocycles. The molecular formula is C28H47N3O5S. The van der Waals surface area contributed by atoms with Crippen molar-refractivity contribution in [2.45, 2.75) is 104 Å². The predicted molar refractivity (Wildman–Crippen MR) is 151 cm³/mol. The summed E-state index contributed by atoms with van der Waals surface area (Å²) in [6.45, 7) is 15.3. The second-order valence-electron chi connectivity index (χ2n) is 10.9. The minimum absolute atomic E-state index is 0.0244. The molecule has 0 saturated heterocycles. The summed E-state index contributed by atoms with van der Waals surface area (Å²) in [7, 11) is 0. The maximum atomic E-state index is 14.3. The van der Waals surface area contributed by atoms with E-state index in [9.17, 15) is 19.5 Å². The number of ether oxygens (including phenoxy) is 1.